The van der Waals surface area contributed by atoms with Gasteiger partial charge in [-0.2, -0.15) is 0 Å². The summed E-state index contributed by atoms with van der Waals surface area (Å²) in [6.45, 7) is 7.94. The summed E-state index contributed by atoms with van der Waals surface area (Å²) in [5.74, 6) is 0.192. The molecule has 2 rings (SSSR count). The van der Waals surface area contributed by atoms with Gasteiger partial charge in [0.25, 0.3) is 0 Å². The molecule has 1 N–H and O–H groups in total. The maximum absolute atomic E-state index is 12.6. The number of amides is 1. The number of likely N-dealkylation sites (N-methyl/N-ethyl adjacent to an activating group) is 1. The lowest BCUT2D eigenvalue weighted by Crippen LogP contribution is -2.55. The number of thiazole rings is 1. The Bertz CT molecular complexity index is 461. The van der Waals surface area contributed by atoms with Crippen molar-refractivity contribution in [3.8, 4) is 0 Å². The van der Waals surface area contributed by atoms with Gasteiger partial charge in [0, 0.05) is 11.9 Å². The predicted molar refractivity (Wildman–Crippen MR) is 85.4 cm³/mol. The summed E-state index contributed by atoms with van der Waals surface area (Å²) in [5.41, 5.74) is 2.90. The molecule has 0 aliphatic carbocycles. The fourth-order valence-corrected chi connectivity index (χ4v) is 3.45. The molecule has 6 heteroatoms. The van der Waals surface area contributed by atoms with Crippen LogP contribution >= 0.6 is 23.7 Å². The molecule has 0 saturated carbocycles. The first-order valence-electron chi connectivity index (χ1n) is 6.79. The Morgan fingerprint density at radius 3 is 2.85 bits per heavy atom. The van der Waals surface area contributed by atoms with Crippen LogP contribution in [0.2, 0.25) is 0 Å². The first-order chi connectivity index (χ1) is 8.92. The number of piperidine rings is 1. The molecule has 1 saturated heterocycles. The van der Waals surface area contributed by atoms with E-state index in [9.17, 15) is 4.79 Å². The maximum atomic E-state index is 12.6. The molecule has 0 bridgehead atoms. The molecule has 1 amide bonds. The van der Waals surface area contributed by atoms with Crippen molar-refractivity contribution in [3.05, 3.63) is 16.1 Å². The Hall–Kier alpha value is -0.650. The summed E-state index contributed by atoms with van der Waals surface area (Å²) < 4.78 is 0. The van der Waals surface area contributed by atoms with Crippen molar-refractivity contribution in [2.24, 2.45) is 5.41 Å². The number of carbonyl (C=O) groups is 1. The average molecular weight is 318 g/mol. The molecular formula is C14H24ClN3OS. The second-order valence-corrected chi connectivity index (χ2v) is 6.97. The van der Waals surface area contributed by atoms with E-state index >= 15 is 0 Å². The van der Waals surface area contributed by atoms with Crippen molar-refractivity contribution >= 4 is 29.7 Å². The van der Waals surface area contributed by atoms with Crippen LogP contribution in [0.15, 0.2) is 5.51 Å². The number of hydrogen-bond acceptors (Lipinski definition) is 4. The van der Waals surface area contributed by atoms with Crippen LogP contribution in [0.1, 0.15) is 37.3 Å². The zero-order valence-electron chi connectivity index (χ0n) is 12.6. The molecule has 1 fully saturated rings. The lowest BCUT2D eigenvalue weighted by Gasteiger charge is -2.40. The largest absolute Gasteiger partial charge is 0.339 e. The molecule has 0 spiro atoms. The maximum Gasteiger partial charge on any atom is 0.240 e. The van der Waals surface area contributed by atoms with Crippen LogP contribution < -0.4 is 5.32 Å². The van der Waals surface area contributed by atoms with Crippen molar-refractivity contribution in [1.82, 2.24) is 15.2 Å². The molecule has 1 aromatic heterocycles. The van der Waals surface area contributed by atoms with Gasteiger partial charge in [0.05, 0.1) is 23.8 Å². The molecule has 0 aromatic carbocycles. The van der Waals surface area contributed by atoms with E-state index in [1.165, 1.54) is 4.88 Å². The molecule has 1 atom stereocenters. The van der Waals surface area contributed by atoms with Crippen LogP contribution in [-0.4, -0.2) is 35.4 Å². The zero-order valence-corrected chi connectivity index (χ0v) is 14.2. The minimum atomic E-state index is -0.0699. The quantitative estimate of drug-likeness (QED) is 0.932. The molecule has 1 unspecified atom stereocenters. The third kappa shape index (κ3) is 3.71. The van der Waals surface area contributed by atoms with Crippen molar-refractivity contribution in [3.63, 3.8) is 0 Å². The van der Waals surface area contributed by atoms with Gasteiger partial charge >= 0.3 is 0 Å². The third-order valence-electron chi connectivity index (χ3n) is 3.98. The first-order valence-corrected chi connectivity index (χ1v) is 7.67. The monoisotopic (exact) mass is 317 g/mol. The van der Waals surface area contributed by atoms with Gasteiger partial charge in [-0.3, -0.25) is 4.79 Å². The van der Waals surface area contributed by atoms with Crippen molar-refractivity contribution in [2.75, 3.05) is 13.6 Å². The van der Waals surface area contributed by atoms with Gasteiger partial charge in [0.2, 0.25) is 5.91 Å². The normalized spacial score (nSPS) is 21.1. The predicted octanol–water partition coefficient (Wildman–Crippen LogP) is 2.61. The first kappa shape index (κ1) is 17.4. The summed E-state index contributed by atoms with van der Waals surface area (Å²) in [7, 11) is 1.88. The Kier molecular flexibility index (Phi) is 5.98. The van der Waals surface area contributed by atoms with Gasteiger partial charge in [0.1, 0.15) is 0 Å². The zero-order chi connectivity index (χ0) is 14.0. The van der Waals surface area contributed by atoms with E-state index in [-0.39, 0.29) is 29.8 Å². The highest BCUT2D eigenvalue weighted by atomic mass is 35.5. The SMILES string of the molecule is Cc1ncsc1CN(C)C(=O)C1NCCCC1(C)C.Cl. The molecule has 1 aliphatic rings. The highest BCUT2D eigenvalue weighted by Crippen LogP contribution is 2.31. The van der Waals surface area contributed by atoms with E-state index in [4.69, 9.17) is 0 Å². The molecule has 1 aliphatic heterocycles. The van der Waals surface area contributed by atoms with Gasteiger partial charge in [-0.05, 0) is 31.7 Å². The number of aromatic nitrogens is 1. The fraction of sp³-hybridized carbons (Fsp3) is 0.714. The summed E-state index contributed by atoms with van der Waals surface area (Å²) in [5, 5.41) is 3.38. The number of halogens is 1. The lowest BCUT2D eigenvalue weighted by molar-refractivity contribution is -0.136. The third-order valence-corrected chi connectivity index (χ3v) is 4.90. The number of nitrogens with one attached hydrogen (secondary N) is 1. The summed E-state index contributed by atoms with van der Waals surface area (Å²) in [6.07, 6.45) is 2.25. The van der Waals surface area contributed by atoms with E-state index in [2.05, 4.69) is 24.1 Å². The van der Waals surface area contributed by atoms with Crippen LogP contribution in [-0.2, 0) is 11.3 Å². The Balaban J connectivity index is 0.00000200. The number of rotatable bonds is 3. The van der Waals surface area contributed by atoms with E-state index < -0.39 is 0 Å². The highest BCUT2D eigenvalue weighted by Gasteiger charge is 2.38. The second kappa shape index (κ2) is 6.87. The molecule has 4 nitrogen and oxygen atoms in total. The minimum Gasteiger partial charge on any atom is -0.339 e. The molecule has 20 heavy (non-hydrogen) atoms. The van der Waals surface area contributed by atoms with Crippen molar-refractivity contribution < 1.29 is 4.79 Å². The van der Waals surface area contributed by atoms with Gasteiger partial charge in [-0.25, -0.2) is 4.98 Å². The second-order valence-electron chi connectivity index (χ2n) is 6.03. The number of nitrogens with zero attached hydrogens (tertiary/aromatic N) is 2. The summed E-state index contributed by atoms with van der Waals surface area (Å²) in [6, 6.07) is -0.0699. The topological polar surface area (TPSA) is 45.2 Å². The van der Waals surface area contributed by atoms with Crippen LogP contribution in [0.3, 0.4) is 0 Å². The van der Waals surface area contributed by atoms with Crippen molar-refractivity contribution in [2.45, 2.75) is 46.2 Å². The fourth-order valence-electron chi connectivity index (χ4n) is 2.62. The van der Waals surface area contributed by atoms with E-state index in [0.29, 0.717) is 6.54 Å². The molecular weight excluding hydrogens is 294 g/mol. The van der Waals surface area contributed by atoms with Crippen molar-refractivity contribution in [1.29, 1.82) is 0 Å². The summed E-state index contributed by atoms with van der Waals surface area (Å²) >= 11 is 1.62. The molecule has 1 aromatic rings. The van der Waals surface area contributed by atoms with Crippen LogP contribution in [0.25, 0.3) is 0 Å². The van der Waals surface area contributed by atoms with Gasteiger partial charge in [-0.1, -0.05) is 13.8 Å². The molecule has 2 heterocycles. The van der Waals surface area contributed by atoms with Gasteiger partial charge < -0.3 is 10.2 Å². The number of carbonyl (C=O) groups excluding carboxylic acids is 1. The van der Waals surface area contributed by atoms with Crippen LogP contribution in [0, 0.1) is 12.3 Å². The smallest absolute Gasteiger partial charge is 0.240 e. The molecule has 114 valence electrons. The highest BCUT2D eigenvalue weighted by molar-refractivity contribution is 7.09. The average Bonchev–Trinajstić information content (AvgIpc) is 2.73. The molecule has 0 radical (unpaired) electrons. The lowest BCUT2D eigenvalue weighted by atomic mass is 9.77. The number of hydrogen-bond donors (Lipinski definition) is 1. The standard InChI is InChI=1S/C14H23N3OS.ClH/c1-10-11(19-9-16-10)8-17(4)13(18)12-14(2,3)6-5-7-15-12;/h9,12,15H,5-8H2,1-4H3;1H. The Morgan fingerprint density at radius 1 is 1.60 bits per heavy atom. The van der Waals surface area contributed by atoms with Gasteiger partial charge in [-0.15, -0.1) is 23.7 Å². The van der Waals surface area contributed by atoms with Crippen LogP contribution in [0.4, 0.5) is 0 Å². The van der Waals surface area contributed by atoms with E-state index in [1.54, 1.807) is 11.3 Å². The van der Waals surface area contributed by atoms with Gasteiger partial charge in [0.15, 0.2) is 0 Å². The summed E-state index contributed by atoms with van der Waals surface area (Å²) in [4.78, 5) is 19.8. The minimum absolute atomic E-state index is 0. The van der Waals surface area contributed by atoms with E-state index in [1.807, 2.05) is 24.4 Å². The number of aryl methyl sites for hydroxylation is 1. The van der Waals surface area contributed by atoms with E-state index in [0.717, 1.165) is 25.1 Å². The van der Waals surface area contributed by atoms with Crippen LogP contribution in [0.5, 0.6) is 0 Å². The Labute approximate surface area is 131 Å². The Morgan fingerprint density at radius 2 is 2.30 bits per heavy atom.